The standard InChI is InChI=1S/C11H17NO2S/c1-9-2-4-14-11(9)8-15-7-10-6-12-3-5-13-10/h2,4,10,12H,3,5-8H2,1H3. The Kier molecular flexibility index (Phi) is 4.11. The smallest absolute Gasteiger partial charge is 0.116 e. The molecule has 0 spiro atoms. The molecule has 2 heterocycles. The first-order chi connectivity index (χ1) is 7.36. The molecule has 0 saturated carbocycles. The van der Waals surface area contributed by atoms with Gasteiger partial charge < -0.3 is 14.5 Å². The molecular weight excluding hydrogens is 210 g/mol. The number of nitrogens with one attached hydrogen (secondary N) is 1. The molecule has 0 amide bonds. The molecule has 1 saturated heterocycles. The van der Waals surface area contributed by atoms with Gasteiger partial charge in [0.2, 0.25) is 0 Å². The maximum atomic E-state index is 5.61. The third-order valence-corrected chi connectivity index (χ3v) is 3.58. The predicted molar refractivity (Wildman–Crippen MR) is 62.2 cm³/mol. The molecule has 0 radical (unpaired) electrons. The van der Waals surface area contributed by atoms with E-state index in [-0.39, 0.29) is 0 Å². The maximum Gasteiger partial charge on any atom is 0.116 e. The summed E-state index contributed by atoms with van der Waals surface area (Å²) >= 11 is 1.87. The number of thioether (sulfide) groups is 1. The van der Waals surface area contributed by atoms with Crippen LogP contribution < -0.4 is 5.32 Å². The van der Waals surface area contributed by atoms with Gasteiger partial charge in [0, 0.05) is 18.8 Å². The van der Waals surface area contributed by atoms with Crippen LogP contribution in [0.2, 0.25) is 0 Å². The number of furan rings is 1. The highest BCUT2D eigenvalue weighted by Crippen LogP contribution is 2.18. The van der Waals surface area contributed by atoms with E-state index in [1.54, 1.807) is 6.26 Å². The molecule has 1 aliphatic heterocycles. The minimum atomic E-state index is 0.360. The van der Waals surface area contributed by atoms with Crippen molar-refractivity contribution in [3.8, 4) is 0 Å². The van der Waals surface area contributed by atoms with E-state index in [1.807, 2.05) is 17.8 Å². The van der Waals surface area contributed by atoms with Crippen LogP contribution in [-0.4, -0.2) is 31.6 Å². The number of aryl methyl sites for hydroxylation is 1. The Morgan fingerprint density at radius 2 is 2.53 bits per heavy atom. The lowest BCUT2D eigenvalue weighted by Gasteiger charge is -2.23. The first-order valence-electron chi connectivity index (χ1n) is 5.29. The molecule has 1 atom stereocenters. The molecule has 1 N–H and O–H groups in total. The Morgan fingerprint density at radius 1 is 1.60 bits per heavy atom. The van der Waals surface area contributed by atoms with Gasteiger partial charge in [0.15, 0.2) is 0 Å². The van der Waals surface area contributed by atoms with Gasteiger partial charge in [0.1, 0.15) is 5.76 Å². The van der Waals surface area contributed by atoms with Crippen LogP contribution in [0, 0.1) is 6.92 Å². The molecule has 3 nitrogen and oxygen atoms in total. The van der Waals surface area contributed by atoms with E-state index in [1.165, 1.54) is 5.56 Å². The third kappa shape index (κ3) is 3.26. The van der Waals surface area contributed by atoms with Gasteiger partial charge >= 0.3 is 0 Å². The molecule has 2 rings (SSSR count). The lowest BCUT2D eigenvalue weighted by molar-refractivity contribution is 0.0440. The summed E-state index contributed by atoms with van der Waals surface area (Å²) in [5, 5.41) is 3.33. The average molecular weight is 227 g/mol. The zero-order valence-corrected chi connectivity index (χ0v) is 9.81. The molecule has 1 fully saturated rings. The summed E-state index contributed by atoms with van der Waals surface area (Å²) in [6.45, 7) is 4.88. The van der Waals surface area contributed by atoms with Crippen LogP contribution in [0.4, 0.5) is 0 Å². The Balaban J connectivity index is 1.68. The molecule has 1 aromatic rings. The topological polar surface area (TPSA) is 34.4 Å². The van der Waals surface area contributed by atoms with E-state index in [0.717, 1.165) is 37.0 Å². The van der Waals surface area contributed by atoms with Crippen LogP contribution in [0.1, 0.15) is 11.3 Å². The van der Waals surface area contributed by atoms with Gasteiger partial charge in [-0.05, 0) is 18.6 Å². The van der Waals surface area contributed by atoms with Crippen molar-refractivity contribution in [3.05, 3.63) is 23.7 Å². The van der Waals surface area contributed by atoms with Crippen LogP contribution in [0.25, 0.3) is 0 Å². The SMILES string of the molecule is Cc1ccoc1CSCC1CNCCO1. The maximum absolute atomic E-state index is 5.61. The van der Waals surface area contributed by atoms with Crippen molar-refractivity contribution < 1.29 is 9.15 Å². The first-order valence-corrected chi connectivity index (χ1v) is 6.45. The largest absolute Gasteiger partial charge is 0.468 e. The second-order valence-corrected chi connectivity index (χ2v) is 4.77. The van der Waals surface area contributed by atoms with Gasteiger partial charge in [-0.15, -0.1) is 0 Å². The van der Waals surface area contributed by atoms with Crippen LogP contribution in [0.3, 0.4) is 0 Å². The van der Waals surface area contributed by atoms with Crippen molar-refractivity contribution >= 4 is 11.8 Å². The zero-order valence-electron chi connectivity index (χ0n) is 8.99. The molecule has 84 valence electrons. The highest BCUT2D eigenvalue weighted by Gasteiger charge is 2.13. The Bertz CT molecular complexity index is 295. The molecule has 0 aliphatic carbocycles. The van der Waals surface area contributed by atoms with E-state index in [0.29, 0.717) is 6.10 Å². The normalized spacial score (nSPS) is 21.8. The lowest BCUT2D eigenvalue weighted by Crippen LogP contribution is -2.39. The van der Waals surface area contributed by atoms with Crippen molar-refractivity contribution in [1.82, 2.24) is 5.32 Å². The molecule has 15 heavy (non-hydrogen) atoms. The van der Waals surface area contributed by atoms with Gasteiger partial charge in [-0.1, -0.05) is 0 Å². The second-order valence-electron chi connectivity index (χ2n) is 3.74. The second kappa shape index (κ2) is 5.58. The van der Waals surface area contributed by atoms with E-state index in [2.05, 4.69) is 12.2 Å². The quantitative estimate of drug-likeness (QED) is 0.850. The number of morpholine rings is 1. The monoisotopic (exact) mass is 227 g/mol. The average Bonchev–Trinajstić information content (AvgIpc) is 2.66. The zero-order chi connectivity index (χ0) is 10.5. The number of hydrogen-bond acceptors (Lipinski definition) is 4. The van der Waals surface area contributed by atoms with Crippen molar-refractivity contribution in [2.24, 2.45) is 0 Å². The minimum Gasteiger partial charge on any atom is -0.468 e. The summed E-state index contributed by atoms with van der Waals surface area (Å²) in [6, 6.07) is 2.01. The van der Waals surface area contributed by atoms with Gasteiger partial charge in [0.05, 0.1) is 24.7 Å². The van der Waals surface area contributed by atoms with Gasteiger partial charge in [0.25, 0.3) is 0 Å². The highest BCUT2D eigenvalue weighted by molar-refractivity contribution is 7.98. The summed E-state index contributed by atoms with van der Waals surface area (Å²) in [6.07, 6.45) is 2.11. The van der Waals surface area contributed by atoms with Crippen LogP contribution >= 0.6 is 11.8 Å². The highest BCUT2D eigenvalue weighted by atomic mass is 32.2. The number of ether oxygens (including phenoxy) is 1. The van der Waals surface area contributed by atoms with Gasteiger partial charge in [-0.3, -0.25) is 0 Å². The Morgan fingerprint density at radius 3 is 3.20 bits per heavy atom. The molecule has 1 aliphatic rings. The summed E-state index contributed by atoms with van der Waals surface area (Å²) in [7, 11) is 0. The van der Waals surface area contributed by atoms with Crippen LogP contribution in [-0.2, 0) is 10.5 Å². The fourth-order valence-corrected chi connectivity index (χ4v) is 2.64. The Hall–Kier alpha value is -0.450. The summed E-state index contributed by atoms with van der Waals surface area (Å²) in [5.41, 5.74) is 1.24. The summed E-state index contributed by atoms with van der Waals surface area (Å²) in [4.78, 5) is 0. The van der Waals surface area contributed by atoms with Crippen molar-refractivity contribution in [1.29, 1.82) is 0 Å². The summed E-state index contributed by atoms with van der Waals surface area (Å²) < 4.78 is 11.0. The summed E-state index contributed by atoms with van der Waals surface area (Å²) in [5.74, 6) is 3.06. The Labute approximate surface area is 94.6 Å². The van der Waals surface area contributed by atoms with E-state index in [9.17, 15) is 0 Å². The fraction of sp³-hybridized carbons (Fsp3) is 0.636. The number of rotatable bonds is 4. The molecule has 1 aromatic heterocycles. The molecule has 0 bridgehead atoms. The third-order valence-electron chi connectivity index (χ3n) is 2.51. The van der Waals surface area contributed by atoms with E-state index >= 15 is 0 Å². The predicted octanol–water partition coefficient (Wildman–Crippen LogP) is 1.81. The minimum absolute atomic E-state index is 0.360. The van der Waals surface area contributed by atoms with Crippen molar-refractivity contribution in [2.75, 3.05) is 25.4 Å². The lowest BCUT2D eigenvalue weighted by atomic mass is 10.3. The van der Waals surface area contributed by atoms with Crippen molar-refractivity contribution in [3.63, 3.8) is 0 Å². The van der Waals surface area contributed by atoms with Gasteiger partial charge in [-0.2, -0.15) is 11.8 Å². The van der Waals surface area contributed by atoms with E-state index < -0.39 is 0 Å². The fourth-order valence-electron chi connectivity index (χ4n) is 1.56. The van der Waals surface area contributed by atoms with Crippen LogP contribution in [0.5, 0.6) is 0 Å². The molecule has 4 heteroatoms. The van der Waals surface area contributed by atoms with Crippen LogP contribution in [0.15, 0.2) is 16.7 Å². The number of hydrogen-bond donors (Lipinski definition) is 1. The molecule has 1 unspecified atom stereocenters. The molecular formula is C11H17NO2S. The van der Waals surface area contributed by atoms with Gasteiger partial charge in [-0.25, -0.2) is 0 Å². The van der Waals surface area contributed by atoms with E-state index in [4.69, 9.17) is 9.15 Å². The van der Waals surface area contributed by atoms with Crippen molar-refractivity contribution in [2.45, 2.75) is 18.8 Å². The first kappa shape index (κ1) is 11.0. The molecule has 0 aromatic carbocycles.